The molecule has 0 bridgehead atoms. The second-order valence-corrected chi connectivity index (χ2v) is 7.01. The first-order chi connectivity index (χ1) is 14.0. The number of ether oxygens (including phenoxy) is 1. The first-order valence-electron chi connectivity index (χ1n) is 9.06. The molecule has 0 saturated carbocycles. The minimum atomic E-state index is -1.03. The van der Waals surface area contributed by atoms with Crippen molar-refractivity contribution in [2.24, 2.45) is 0 Å². The summed E-state index contributed by atoms with van der Waals surface area (Å²) in [5, 5.41) is 11.4. The lowest BCUT2D eigenvalue weighted by Gasteiger charge is -2.18. The van der Waals surface area contributed by atoms with Crippen LogP contribution in [0.2, 0.25) is 0 Å². The standard InChI is InChI=1S/C21H23N3O6/c1-13(20(26)23(4)5)30-21(27)16-9-7-6-8-15(16)19(25)14-10-11-17(22(2)3)18(12-14)24(28)29/h6-13H,1-5H3/t13-/m0/s1. The molecule has 2 aromatic carbocycles. The molecule has 0 unspecified atom stereocenters. The molecule has 158 valence electrons. The van der Waals surface area contributed by atoms with Gasteiger partial charge in [0.05, 0.1) is 10.5 Å². The summed E-state index contributed by atoms with van der Waals surface area (Å²) < 4.78 is 5.20. The van der Waals surface area contributed by atoms with E-state index in [1.165, 1.54) is 56.3 Å². The Morgan fingerprint density at radius 3 is 2.13 bits per heavy atom. The Morgan fingerprint density at radius 1 is 1.00 bits per heavy atom. The molecule has 0 spiro atoms. The molecule has 0 aliphatic carbocycles. The molecule has 0 aliphatic rings. The molecule has 0 fully saturated rings. The van der Waals surface area contributed by atoms with Gasteiger partial charge in [-0.2, -0.15) is 0 Å². The van der Waals surface area contributed by atoms with Gasteiger partial charge in [-0.1, -0.05) is 18.2 Å². The molecule has 2 aromatic rings. The van der Waals surface area contributed by atoms with E-state index >= 15 is 0 Å². The third-order valence-electron chi connectivity index (χ3n) is 4.38. The highest BCUT2D eigenvalue weighted by molar-refractivity contribution is 6.15. The van der Waals surface area contributed by atoms with Gasteiger partial charge in [0.15, 0.2) is 11.9 Å². The van der Waals surface area contributed by atoms with Crippen LogP contribution in [-0.4, -0.2) is 61.8 Å². The van der Waals surface area contributed by atoms with Crippen molar-refractivity contribution in [1.82, 2.24) is 4.90 Å². The maximum Gasteiger partial charge on any atom is 0.339 e. The second kappa shape index (κ2) is 9.17. The van der Waals surface area contributed by atoms with Crippen molar-refractivity contribution in [3.8, 4) is 0 Å². The topological polar surface area (TPSA) is 110 Å². The molecule has 0 saturated heterocycles. The average molecular weight is 413 g/mol. The average Bonchev–Trinajstić information content (AvgIpc) is 2.71. The number of nitro groups is 1. The minimum absolute atomic E-state index is 0.0268. The zero-order valence-corrected chi connectivity index (χ0v) is 17.4. The molecule has 9 heteroatoms. The van der Waals surface area contributed by atoms with Crippen molar-refractivity contribution in [2.45, 2.75) is 13.0 Å². The Labute approximate surface area is 174 Å². The third kappa shape index (κ3) is 4.80. The van der Waals surface area contributed by atoms with Gasteiger partial charge in [0, 0.05) is 45.4 Å². The van der Waals surface area contributed by atoms with Crippen LogP contribution in [0.3, 0.4) is 0 Å². The van der Waals surface area contributed by atoms with E-state index < -0.39 is 28.7 Å². The molecule has 0 aromatic heterocycles. The summed E-state index contributed by atoms with van der Waals surface area (Å²) in [6.45, 7) is 1.44. The smallest absolute Gasteiger partial charge is 0.339 e. The van der Waals surface area contributed by atoms with Crippen molar-refractivity contribution in [1.29, 1.82) is 0 Å². The molecule has 1 amide bonds. The number of carbonyl (C=O) groups excluding carboxylic acids is 3. The molecular formula is C21H23N3O6. The fourth-order valence-electron chi connectivity index (χ4n) is 2.84. The molecule has 0 radical (unpaired) electrons. The van der Waals surface area contributed by atoms with Gasteiger partial charge >= 0.3 is 5.97 Å². The zero-order chi connectivity index (χ0) is 22.6. The van der Waals surface area contributed by atoms with Gasteiger partial charge in [0.2, 0.25) is 0 Å². The zero-order valence-electron chi connectivity index (χ0n) is 17.4. The van der Waals surface area contributed by atoms with Crippen molar-refractivity contribution >= 4 is 29.0 Å². The van der Waals surface area contributed by atoms with Gasteiger partial charge in [-0.25, -0.2) is 4.79 Å². The number of carbonyl (C=O) groups is 3. The van der Waals surface area contributed by atoms with Crippen LogP contribution in [0.25, 0.3) is 0 Å². The van der Waals surface area contributed by atoms with Crippen LogP contribution in [0.5, 0.6) is 0 Å². The molecule has 0 heterocycles. The quantitative estimate of drug-likeness (QED) is 0.297. The fraction of sp³-hybridized carbons (Fsp3) is 0.286. The monoisotopic (exact) mass is 413 g/mol. The van der Waals surface area contributed by atoms with Crippen molar-refractivity contribution in [3.05, 3.63) is 69.3 Å². The van der Waals surface area contributed by atoms with Crippen LogP contribution in [0.15, 0.2) is 42.5 Å². The van der Waals surface area contributed by atoms with Crippen LogP contribution in [0.1, 0.15) is 33.2 Å². The third-order valence-corrected chi connectivity index (χ3v) is 4.38. The van der Waals surface area contributed by atoms with Gasteiger partial charge < -0.3 is 14.5 Å². The first-order valence-corrected chi connectivity index (χ1v) is 9.06. The van der Waals surface area contributed by atoms with E-state index in [0.717, 1.165) is 0 Å². The number of nitro benzene ring substituents is 1. The molecule has 9 nitrogen and oxygen atoms in total. The molecule has 2 rings (SSSR count). The molecule has 30 heavy (non-hydrogen) atoms. The number of esters is 1. The van der Waals surface area contributed by atoms with Gasteiger partial charge in [0.1, 0.15) is 5.69 Å². The van der Waals surface area contributed by atoms with Crippen molar-refractivity contribution < 1.29 is 24.0 Å². The van der Waals surface area contributed by atoms with Crippen LogP contribution in [0.4, 0.5) is 11.4 Å². The molecular weight excluding hydrogens is 390 g/mol. The Bertz CT molecular complexity index is 1000. The Hall–Kier alpha value is -3.75. The number of anilines is 1. The summed E-state index contributed by atoms with van der Waals surface area (Å²) in [7, 11) is 6.39. The highest BCUT2D eigenvalue weighted by atomic mass is 16.6. The van der Waals surface area contributed by atoms with E-state index in [-0.39, 0.29) is 22.4 Å². The summed E-state index contributed by atoms with van der Waals surface area (Å²) in [5.74, 6) is -1.80. The largest absolute Gasteiger partial charge is 0.449 e. The molecule has 0 N–H and O–H groups in total. The number of hydrogen-bond donors (Lipinski definition) is 0. The van der Waals surface area contributed by atoms with Gasteiger partial charge in [0.25, 0.3) is 11.6 Å². The van der Waals surface area contributed by atoms with E-state index in [4.69, 9.17) is 4.74 Å². The summed E-state index contributed by atoms with van der Waals surface area (Å²) in [4.78, 5) is 51.3. The van der Waals surface area contributed by atoms with Crippen LogP contribution in [-0.2, 0) is 9.53 Å². The van der Waals surface area contributed by atoms with Crippen molar-refractivity contribution in [3.63, 3.8) is 0 Å². The minimum Gasteiger partial charge on any atom is -0.449 e. The maximum absolute atomic E-state index is 13.0. The number of rotatable bonds is 7. The number of ketones is 1. The Kier molecular flexibility index (Phi) is 6.89. The van der Waals surface area contributed by atoms with Gasteiger partial charge in [-0.3, -0.25) is 19.7 Å². The predicted octanol–water partition coefficient (Wildman–Crippen LogP) is 2.53. The lowest BCUT2D eigenvalue weighted by atomic mass is 9.97. The summed E-state index contributed by atoms with van der Waals surface area (Å²) in [6, 6.07) is 10.1. The van der Waals surface area contributed by atoms with E-state index in [1.807, 2.05) is 0 Å². The summed E-state index contributed by atoms with van der Waals surface area (Å²) in [5.41, 5.74) is 0.181. The lowest BCUT2D eigenvalue weighted by molar-refractivity contribution is -0.384. The van der Waals surface area contributed by atoms with E-state index in [1.54, 1.807) is 31.1 Å². The van der Waals surface area contributed by atoms with Crippen LogP contribution >= 0.6 is 0 Å². The fourth-order valence-corrected chi connectivity index (χ4v) is 2.84. The number of nitrogens with zero attached hydrogens (tertiary/aromatic N) is 3. The predicted molar refractivity (Wildman–Crippen MR) is 111 cm³/mol. The lowest BCUT2D eigenvalue weighted by Crippen LogP contribution is -2.35. The number of amides is 1. The Balaban J connectivity index is 2.41. The number of hydrogen-bond acceptors (Lipinski definition) is 7. The Morgan fingerprint density at radius 2 is 1.60 bits per heavy atom. The first kappa shape index (κ1) is 22.5. The van der Waals surface area contributed by atoms with Gasteiger partial charge in [-0.15, -0.1) is 0 Å². The van der Waals surface area contributed by atoms with Crippen molar-refractivity contribution in [2.75, 3.05) is 33.1 Å². The number of likely N-dealkylation sites (N-methyl/N-ethyl adjacent to an activating group) is 1. The summed E-state index contributed by atoms with van der Waals surface area (Å²) >= 11 is 0. The molecule has 1 atom stereocenters. The van der Waals surface area contributed by atoms with E-state index in [0.29, 0.717) is 5.69 Å². The highest BCUT2D eigenvalue weighted by Crippen LogP contribution is 2.29. The van der Waals surface area contributed by atoms with E-state index in [2.05, 4.69) is 0 Å². The SMILES string of the molecule is C[C@H](OC(=O)c1ccccc1C(=O)c1ccc(N(C)C)c([N+](=O)[O-])c1)C(=O)N(C)C. The summed E-state index contributed by atoms with van der Waals surface area (Å²) in [6.07, 6.45) is -1.03. The number of benzene rings is 2. The maximum atomic E-state index is 13.0. The molecule has 0 aliphatic heterocycles. The second-order valence-electron chi connectivity index (χ2n) is 7.01. The van der Waals surface area contributed by atoms with E-state index in [9.17, 15) is 24.5 Å². The normalized spacial score (nSPS) is 11.4. The van der Waals surface area contributed by atoms with Crippen LogP contribution in [0, 0.1) is 10.1 Å². The highest BCUT2D eigenvalue weighted by Gasteiger charge is 2.25. The van der Waals surface area contributed by atoms with Gasteiger partial charge in [-0.05, 0) is 25.1 Å². The van der Waals surface area contributed by atoms with Crippen LogP contribution < -0.4 is 4.90 Å².